The molecule has 0 saturated carbocycles. The van der Waals surface area contributed by atoms with Crippen molar-refractivity contribution < 1.29 is 14.7 Å². The number of aryl methyl sites for hydroxylation is 1. The number of hydrogen-bond acceptors (Lipinski definition) is 3. The predicted octanol–water partition coefficient (Wildman–Crippen LogP) is 6.20. The molecule has 1 aliphatic heterocycles. The summed E-state index contributed by atoms with van der Waals surface area (Å²) in [6.07, 6.45) is -0.340. The minimum absolute atomic E-state index is 0.250. The van der Waals surface area contributed by atoms with Gasteiger partial charge in [0, 0.05) is 16.1 Å². The number of anilines is 1. The molecule has 1 aliphatic rings. The third-order valence-electron chi connectivity index (χ3n) is 7.45. The van der Waals surface area contributed by atoms with Crippen molar-refractivity contribution in [3.8, 4) is 0 Å². The van der Waals surface area contributed by atoms with Crippen LogP contribution >= 0.6 is 11.6 Å². The summed E-state index contributed by atoms with van der Waals surface area (Å²) in [7, 11) is 0. The average molecular weight is 476 g/mol. The van der Waals surface area contributed by atoms with Gasteiger partial charge in [0.25, 0.3) is 5.91 Å². The molecule has 0 bridgehead atoms. The van der Waals surface area contributed by atoms with Gasteiger partial charge in [0.1, 0.15) is 0 Å². The van der Waals surface area contributed by atoms with Crippen molar-refractivity contribution in [2.24, 2.45) is 0 Å². The zero-order chi connectivity index (χ0) is 24.9. The van der Waals surface area contributed by atoms with Crippen molar-refractivity contribution in [3.05, 3.63) is 97.6 Å². The number of amides is 1. The lowest BCUT2D eigenvalue weighted by atomic mass is 9.82. The Bertz CT molecular complexity index is 1300. The lowest BCUT2D eigenvalue weighted by Gasteiger charge is -2.24. The summed E-state index contributed by atoms with van der Waals surface area (Å²) < 4.78 is 0. The summed E-state index contributed by atoms with van der Waals surface area (Å²) in [5.41, 5.74) is 6.67. The molecule has 1 atom stereocenters. The Kier molecular flexibility index (Phi) is 6.17. The first-order chi connectivity index (χ1) is 16.0. The van der Waals surface area contributed by atoms with Gasteiger partial charge in [0.05, 0.1) is 18.7 Å². The number of rotatable bonds is 5. The van der Waals surface area contributed by atoms with E-state index >= 15 is 0 Å². The molecule has 1 N–H and O–H groups in total. The van der Waals surface area contributed by atoms with Crippen LogP contribution in [0.2, 0.25) is 5.02 Å². The van der Waals surface area contributed by atoms with E-state index in [1.165, 1.54) is 0 Å². The SMILES string of the molecule is Cc1ccc(CN2C(=O)C(O)(CC(=O)c3c(C)c(C)c(C)c(C)c3C)c3cc(Cl)ccc32)cc1. The van der Waals surface area contributed by atoms with Crippen molar-refractivity contribution in [3.63, 3.8) is 0 Å². The highest BCUT2D eigenvalue weighted by Gasteiger charge is 2.51. The van der Waals surface area contributed by atoms with Gasteiger partial charge in [-0.25, -0.2) is 0 Å². The predicted molar refractivity (Wildman–Crippen MR) is 137 cm³/mol. The fourth-order valence-electron chi connectivity index (χ4n) is 4.97. The van der Waals surface area contributed by atoms with E-state index in [0.717, 1.165) is 38.9 Å². The number of fused-ring (bicyclic) bond motifs is 1. The van der Waals surface area contributed by atoms with Crippen LogP contribution < -0.4 is 4.90 Å². The number of nitrogens with zero attached hydrogens (tertiary/aromatic N) is 1. The molecule has 0 aliphatic carbocycles. The first kappa shape index (κ1) is 24.2. The second kappa shape index (κ2) is 8.68. The summed E-state index contributed by atoms with van der Waals surface area (Å²) in [5, 5.41) is 12.2. The van der Waals surface area contributed by atoms with Gasteiger partial charge in [0.2, 0.25) is 0 Å². The van der Waals surface area contributed by atoms with Gasteiger partial charge >= 0.3 is 0 Å². The number of hydrogen-bond donors (Lipinski definition) is 1. The quantitative estimate of drug-likeness (QED) is 0.447. The Morgan fingerprint density at radius 1 is 0.882 bits per heavy atom. The maximum atomic E-state index is 13.7. The first-order valence-electron chi connectivity index (χ1n) is 11.5. The molecular formula is C29H30ClNO3. The Morgan fingerprint density at radius 3 is 2.03 bits per heavy atom. The maximum absolute atomic E-state index is 13.7. The molecular weight excluding hydrogens is 446 g/mol. The zero-order valence-corrected chi connectivity index (χ0v) is 21.3. The fraction of sp³-hybridized carbons (Fsp3) is 0.310. The highest BCUT2D eigenvalue weighted by Crippen LogP contribution is 2.45. The number of benzene rings is 3. The van der Waals surface area contributed by atoms with Gasteiger partial charge in [0.15, 0.2) is 11.4 Å². The highest BCUT2D eigenvalue weighted by molar-refractivity contribution is 6.31. The minimum atomic E-state index is -1.98. The van der Waals surface area contributed by atoms with Crippen LogP contribution in [0, 0.1) is 41.5 Å². The number of ketones is 1. The Balaban J connectivity index is 1.76. The van der Waals surface area contributed by atoms with E-state index in [-0.39, 0.29) is 12.2 Å². The smallest absolute Gasteiger partial charge is 0.264 e. The topological polar surface area (TPSA) is 57.6 Å². The molecule has 5 heteroatoms. The molecule has 3 aromatic carbocycles. The third-order valence-corrected chi connectivity index (χ3v) is 7.69. The van der Waals surface area contributed by atoms with E-state index < -0.39 is 11.5 Å². The van der Waals surface area contributed by atoms with Crippen LogP contribution in [0.15, 0.2) is 42.5 Å². The van der Waals surface area contributed by atoms with Gasteiger partial charge in [-0.1, -0.05) is 41.4 Å². The van der Waals surface area contributed by atoms with E-state index in [2.05, 4.69) is 0 Å². The molecule has 34 heavy (non-hydrogen) atoms. The molecule has 4 rings (SSSR count). The highest BCUT2D eigenvalue weighted by atomic mass is 35.5. The summed E-state index contributed by atoms with van der Waals surface area (Å²) in [4.78, 5) is 28.9. The Hall–Kier alpha value is -2.95. The molecule has 176 valence electrons. The van der Waals surface area contributed by atoms with Crippen LogP contribution in [0.1, 0.15) is 61.3 Å². The van der Waals surface area contributed by atoms with Crippen molar-refractivity contribution in [2.45, 2.75) is 60.1 Å². The Morgan fingerprint density at radius 2 is 1.44 bits per heavy atom. The van der Waals surface area contributed by atoms with Crippen molar-refractivity contribution in [2.75, 3.05) is 4.90 Å². The molecule has 0 fully saturated rings. The van der Waals surface area contributed by atoms with Crippen LogP contribution in [0.5, 0.6) is 0 Å². The van der Waals surface area contributed by atoms with Gasteiger partial charge < -0.3 is 10.0 Å². The monoisotopic (exact) mass is 475 g/mol. The summed E-state index contributed by atoms with van der Waals surface area (Å²) in [5.74, 6) is -0.755. The summed E-state index contributed by atoms with van der Waals surface area (Å²) in [6.45, 7) is 12.2. The van der Waals surface area contributed by atoms with E-state index in [9.17, 15) is 14.7 Å². The molecule has 4 nitrogen and oxygen atoms in total. The van der Waals surface area contributed by atoms with E-state index in [1.807, 2.05) is 65.8 Å². The van der Waals surface area contributed by atoms with Crippen LogP contribution in [0.25, 0.3) is 0 Å². The standard InChI is InChI=1S/C29H30ClNO3/c1-16-7-9-22(10-8-16)15-31-25-12-11-23(30)13-24(25)29(34,28(31)33)14-26(32)27-20(5)18(3)17(2)19(4)21(27)6/h7-13,34H,14-15H2,1-6H3. The largest absolute Gasteiger partial charge is 0.375 e. The van der Waals surface area contributed by atoms with Crippen LogP contribution in [-0.4, -0.2) is 16.8 Å². The second-order valence-electron chi connectivity index (χ2n) is 9.50. The molecule has 0 radical (unpaired) electrons. The lowest BCUT2D eigenvalue weighted by Crippen LogP contribution is -2.41. The van der Waals surface area contributed by atoms with E-state index in [0.29, 0.717) is 28.4 Å². The van der Waals surface area contributed by atoms with Crippen molar-refractivity contribution in [1.29, 1.82) is 0 Å². The number of Topliss-reactive ketones (excluding diaryl/α,β-unsaturated/α-hetero) is 1. The molecule has 0 aromatic heterocycles. The molecule has 1 unspecified atom stereocenters. The molecule has 1 heterocycles. The van der Waals surface area contributed by atoms with Gasteiger partial charge in [-0.15, -0.1) is 0 Å². The molecule has 3 aromatic rings. The van der Waals surface area contributed by atoms with Gasteiger partial charge in [-0.05, 0) is 93.1 Å². The van der Waals surface area contributed by atoms with Gasteiger partial charge in [-0.3, -0.25) is 9.59 Å². The average Bonchev–Trinajstić information content (AvgIpc) is 2.99. The normalized spacial score (nSPS) is 17.3. The minimum Gasteiger partial charge on any atom is -0.375 e. The lowest BCUT2D eigenvalue weighted by molar-refractivity contribution is -0.136. The van der Waals surface area contributed by atoms with Crippen LogP contribution in [-0.2, 0) is 16.9 Å². The van der Waals surface area contributed by atoms with E-state index in [1.54, 1.807) is 23.1 Å². The number of aliphatic hydroxyl groups is 1. The zero-order valence-electron chi connectivity index (χ0n) is 20.5. The van der Waals surface area contributed by atoms with Crippen LogP contribution in [0.4, 0.5) is 5.69 Å². The second-order valence-corrected chi connectivity index (χ2v) is 9.94. The van der Waals surface area contributed by atoms with Crippen molar-refractivity contribution in [1.82, 2.24) is 0 Å². The van der Waals surface area contributed by atoms with E-state index in [4.69, 9.17) is 11.6 Å². The number of carbonyl (C=O) groups excluding carboxylic acids is 2. The summed E-state index contributed by atoms with van der Waals surface area (Å²) >= 11 is 6.26. The third kappa shape index (κ3) is 3.85. The maximum Gasteiger partial charge on any atom is 0.264 e. The number of halogens is 1. The fourth-order valence-corrected chi connectivity index (χ4v) is 5.14. The molecule has 0 spiro atoms. The Labute approximate surface area is 206 Å². The molecule has 0 saturated heterocycles. The van der Waals surface area contributed by atoms with Gasteiger partial charge in [-0.2, -0.15) is 0 Å². The molecule has 1 amide bonds. The van der Waals surface area contributed by atoms with Crippen molar-refractivity contribution >= 4 is 29.0 Å². The first-order valence-corrected chi connectivity index (χ1v) is 11.8. The van der Waals surface area contributed by atoms with Crippen LogP contribution in [0.3, 0.4) is 0 Å². The number of carbonyl (C=O) groups is 2. The summed E-state index contributed by atoms with van der Waals surface area (Å²) in [6, 6.07) is 12.9.